The number of carboxylic acid groups (broad SMARTS) is 1. The van der Waals surface area contributed by atoms with Gasteiger partial charge in [0.1, 0.15) is 5.82 Å². The Morgan fingerprint density at radius 3 is 2.75 bits per heavy atom. The van der Waals surface area contributed by atoms with Crippen LogP contribution >= 0.6 is 27.3 Å². The highest BCUT2D eigenvalue weighted by molar-refractivity contribution is 9.10. The quantitative estimate of drug-likeness (QED) is 0.830. The fourth-order valence-corrected chi connectivity index (χ4v) is 3.13. The van der Waals surface area contributed by atoms with Gasteiger partial charge in [-0.1, -0.05) is 15.9 Å². The predicted molar refractivity (Wildman–Crippen MR) is 80.3 cm³/mol. The number of benzene rings is 1. The number of thiophene rings is 1. The van der Waals surface area contributed by atoms with Crippen LogP contribution in [0.1, 0.15) is 15.3 Å². The van der Waals surface area contributed by atoms with Gasteiger partial charge in [0.05, 0.1) is 6.42 Å². The van der Waals surface area contributed by atoms with E-state index in [9.17, 15) is 9.18 Å². The number of nitrogens with one attached hydrogen (secondary N) is 1. The fraction of sp³-hybridized carbons (Fsp3) is 0.214. The predicted octanol–water partition coefficient (Wildman–Crippen LogP) is 3.57. The van der Waals surface area contributed by atoms with Gasteiger partial charge < -0.3 is 10.4 Å². The molecule has 0 saturated heterocycles. The zero-order valence-corrected chi connectivity index (χ0v) is 12.9. The number of aliphatic carboxylic acids is 1. The van der Waals surface area contributed by atoms with Gasteiger partial charge in [0, 0.05) is 27.3 Å². The van der Waals surface area contributed by atoms with Crippen LogP contribution in [0.5, 0.6) is 0 Å². The van der Waals surface area contributed by atoms with Gasteiger partial charge in [0.2, 0.25) is 0 Å². The minimum absolute atomic E-state index is 0.0557. The number of carbonyl (C=O) groups is 1. The molecule has 0 spiro atoms. The zero-order valence-electron chi connectivity index (χ0n) is 10.5. The second-order valence-electron chi connectivity index (χ2n) is 4.28. The summed E-state index contributed by atoms with van der Waals surface area (Å²) in [6.07, 6.45) is 0.0557. The maximum Gasteiger partial charge on any atom is 0.308 e. The second kappa shape index (κ2) is 6.97. The average molecular weight is 358 g/mol. The van der Waals surface area contributed by atoms with Crippen molar-refractivity contribution in [1.82, 2.24) is 5.32 Å². The van der Waals surface area contributed by atoms with Gasteiger partial charge in [0.25, 0.3) is 0 Å². The molecule has 2 aromatic rings. The number of halogens is 2. The summed E-state index contributed by atoms with van der Waals surface area (Å²) in [7, 11) is 0. The fourth-order valence-electron chi connectivity index (χ4n) is 1.76. The van der Waals surface area contributed by atoms with Crippen molar-refractivity contribution in [3.63, 3.8) is 0 Å². The first kappa shape index (κ1) is 15.2. The maximum atomic E-state index is 13.1. The molecule has 0 aliphatic heterocycles. The van der Waals surface area contributed by atoms with Crippen LogP contribution in [-0.2, 0) is 24.3 Å². The molecule has 1 heterocycles. The van der Waals surface area contributed by atoms with Crippen molar-refractivity contribution in [3.05, 3.63) is 55.9 Å². The molecule has 0 bridgehead atoms. The van der Waals surface area contributed by atoms with Crippen molar-refractivity contribution in [3.8, 4) is 0 Å². The third-order valence-electron chi connectivity index (χ3n) is 2.67. The standard InChI is InChI=1S/C14H13BrFNO2S/c15-13-4-1-10(16)5-9(13)7-17-8-12-3-2-11(20-12)6-14(18)19/h1-5,17H,6-8H2,(H,18,19). The molecule has 0 fully saturated rings. The topological polar surface area (TPSA) is 49.3 Å². The molecule has 0 amide bonds. The smallest absolute Gasteiger partial charge is 0.308 e. The van der Waals surface area contributed by atoms with Gasteiger partial charge in [0.15, 0.2) is 0 Å². The van der Waals surface area contributed by atoms with Crippen LogP contribution < -0.4 is 5.32 Å². The molecule has 2 rings (SSSR count). The second-order valence-corrected chi connectivity index (χ2v) is 6.39. The Kier molecular flexibility index (Phi) is 5.28. The van der Waals surface area contributed by atoms with Crippen molar-refractivity contribution in [2.45, 2.75) is 19.5 Å². The van der Waals surface area contributed by atoms with Gasteiger partial charge in [-0.2, -0.15) is 0 Å². The van der Waals surface area contributed by atoms with E-state index in [1.807, 2.05) is 12.1 Å². The number of carboxylic acids is 1. The van der Waals surface area contributed by atoms with E-state index in [0.29, 0.717) is 13.1 Å². The number of hydrogen-bond donors (Lipinski definition) is 2. The Hall–Kier alpha value is -1.24. The first-order chi connectivity index (χ1) is 9.54. The summed E-state index contributed by atoms with van der Waals surface area (Å²) in [4.78, 5) is 12.5. The van der Waals surface area contributed by atoms with Crippen LogP contribution in [0.2, 0.25) is 0 Å². The molecule has 0 aliphatic rings. The molecule has 0 atom stereocenters. The maximum absolute atomic E-state index is 13.1. The van der Waals surface area contributed by atoms with Crippen LogP contribution in [0.4, 0.5) is 4.39 Å². The molecule has 2 N–H and O–H groups in total. The first-order valence-corrected chi connectivity index (χ1v) is 7.59. The minimum atomic E-state index is -0.824. The van der Waals surface area contributed by atoms with Crippen LogP contribution in [0.15, 0.2) is 34.8 Å². The number of rotatable bonds is 6. The van der Waals surface area contributed by atoms with Crippen LogP contribution in [0, 0.1) is 5.82 Å². The lowest BCUT2D eigenvalue weighted by Crippen LogP contribution is -2.12. The summed E-state index contributed by atoms with van der Waals surface area (Å²) >= 11 is 4.85. The minimum Gasteiger partial charge on any atom is -0.481 e. The van der Waals surface area contributed by atoms with Gasteiger partial charge in [-0.05, 0) is 35.9 Å². The summed E-state index contributed by atoms with van der Waals surface area (Å²) < 4.78 is 14.0. The molecule has 1 aromatic carbocycles. The van der Waals surface area contributed by atoms with Gasteiger partial charge in [-0.25, -0.2) is 4.39 Å². The van der Waals surface area contributed by atoms with Gasteiger partial charge in [-0.15, -0.1) is 11.3 Å². The van der Waals surface area contributed by atoms with Gasteiger partial charge in [-0.3, -0.25) is 4.79 Å². The summed E-state index contributed by atoms with van der Waals surface area (Å²) in [5.41, 5.74) is 0.854. The molecule has 0 saturated carbocycles. The third-order valence-corrected chi connectivity index (χ3v) is 4.52. The normalized spacial score (nSPS) is 10.7. The zero-order chi connectivity index (χ0) is 14.5. The molecule has 0 aliphatic carbocycles. The monoisotopic (exact) mass is 357 g/mol. The molecule has 0 radical (unpaired) electrons. The largest absolute Gasteiger partial charge is 0.481 e. The van der Waals surface area contributed by atoms with Crippen molar-refractivity contribution in [1.29, 1.82) is 0 Å². The van der Waals surface area contributed by atoms with Crippen molar-refractivity contribution in [2.24, 2.45) is 0 Å². The lowest BCUT2D eigenvalue weighted by Gasteiger charge is -2.06. The Morgan fingerprint density at radius 1 is 1.25 bits per heavy atom. The van der Waals surface area contributed by atoms with E-state index in [2.05, 4.69) is 21.2 Å². The summed E-state index contributed by atoms with van der Waals surface area (Å²) in [5, 5.41) is 11.9. The lowest BCUT2D eigenvalue weighted by atomic mass is 10.2. The van der Waals surface area contributed by atoms with E-state index in [1.54, 1.807) is 6.07 Å². The summed E-state index contributed by atoms with van der Waals surface area (Å²) in [6, 6.07) is 8.32. The van der Waals surface area contributed by atoms with E-state index in [4.69, 9.17) is 5.11 Å². The molecule has 3 nitrogen and oxygen atoms in total. The highest BCUT2D eigenvalue weighted by Gasteiger charge is 2.05. The molecule has 1 aromatic heterocycles. The SMILES string of the molecule is O=C(O)Cc1ccc(CNCc2cc(F)ccc2Br)s1. The highest BCUT2D eigenvalue weighted by Crippen LogP contribution is 2.19. The first-order valence-electron chi connectivity index (χ1n) is 5.98. The van der Waals surface area contributed by atoms with E-state index < -0.39 is 5.97 Å². The average Bonchev–Trinajstić information content (AvgIpc) is 2.80. The van der Waals surface area contributed by atoms with E-state index >= 15 is 0 Å². The number of hydrogen-bond acceptors (Lipinski definition) is 3. The van der Waals surface area contributed by atoms with Crippen molar-refractivity contribution >= 4 is 33.2 Å². The molecule has 0 unspecified atom stereocenters. The van der Waals surface area contributed by atoms with Crippen LogP contribution in [0.3, 0.4) is 0 Å². The Morgan fingerprint density at radius 2 is 2.00 bits per heavy atom. The molecule has 6 heteroatoms. The van der Waals surface area contributed by atoms with Crippen molar-refractivity contribution in [2.75, 3.05) is 0 Å². The Bertz CT molecular complexity index is 615. The molecule has 20 heavy (non-hydrogen) atoms. The Balaban J connectivity index is 1.88. The van der Waals surface area contributed by atoms with Crippen molar-refractivity contribution < 1.29 is 14.3 Å². The highest BCUT2D eigenvalue weighted by atomic mass is 79.9. The summed E-state index contributed by atoms with van der Waals surface area (Å²) in [5.74, 6) is -1.08. The summed E-state index contributed by atoms with van der Waals surface area (Å²) in [6.45, 7) is 1.18. The molecular weight excluding hydrogens is 345 g/mol. The van der Waals surface area contributed by atoms with E-state index in [-0.39, 0.29) is 12.2 Å². The van der Waals surface area contributed by atoms with Crippen LogP contribution in [-0.4, -0.2) is 11.1 Å². The van der Waals surface area contributed by atoms with Crippen LogP contribution in [0.25, 0.3) is 0 Å². The molecular formula is C14H13BrFNO2S. The van der Waals surface area contributed by atoms with E-state index in [0.717, 1.165) is 19.8 Å². The lowest BCUT2D eigenvalue weighted by molar-refractivity contribution is -0.136. The van der Waals surface area contributed by atoms with Gasteiger partial charge >= 0.3 is 5.97 Å². The van der Waals surface area contributed by atoms with E-state index in [1.165, 1.54) is 23.5 Å². The third kappa shape index (κ3) is 4.40. The Labute approximate surface area is 128 Å². The molecule has 106 valence electrons.